The number of benzene rings is 6. The van der Waals surface area contributed by atoms with Crippen LogP contribution in [0, 0.1) is 0 Å². The summed E-state index contributed by atoms with van der Waals surface area (Å²) in [7, 11) is 0. The Kier molecular flexibility index (Phi) is 4.82. The van der Waals surface area contributed by atoms with Crippen LogP contribution in [0.5, 0.6) is 0 Å². The molecule has 0 amide bonds. The SMILES string of the molecule is c1ccc(-c2cccc3cccc(-c4ccccc4Nc4cccc5c4oc4ccccc45)c23)cc1. The molecule has 0 spiro atoms. The van der Waals surface area contributed by atoms with Gasteiger partial charge in [-0.2, -0.15) is 0 Å². The highest BCUT2D eigenvalue weighted by molar-refractivity contribution is 6.11. The third-order valence-corrected chi connectivity index (χ3v) is 6.88. The van der Waals surface area contributed by atoms with Crippen LogP contribution in [0.15, 0.2) is 138 Å². The van der Waals surface area contributed by atoms with E-state index in [1.54, 1.807) is 0 Å². The zero-order valence-electron chi connectivity index (χ0n) is 19.6. The summed E-state index contributed by atoms with van der Waals surface area (Å²) in [6.45, 7) is 0. The topological polar surface area (TPSA) is 25.2 Å². The number of hydrogen-bond acceptors (Lipinski definition) is 2. The average Bonchev–Trinajstić information content (AvgIpc) is 3.33. The predicted octanol–water partition coefficient (Wildman–Crippen LogP) is 9.82. The highest BCUT2D eigenvalue weighted by Crippen LogP contribution is 2.41. The van der Waals surface area contributed by atoms with Gasteiger partial charge < -0.3 is 9.73 Å². The third-order valence-electron chi connectivity index (χ3n) is 6.88. The lowest BCUT2D eigenvalue weighted by molar-refractivity contribution is 0.670. The third kappa shape index (κ3) is 3.35. The van der Waals surface area contributed by atoms with Gasteiger partial charge in [-0.05, 0) is 45.7 Å². The second-order valence-electron chi connectivity index (χ2n) is 9.03. The van der Waals surface area contributed by atoms with Gasteiger partial charge in [0.2, 0.25) is 0 Å². The second kappa shape index (κ2) is 8.44. The Hall–Kier alpha value is -4.82. The quantitative estimate of drug-likeness (QED) is 0.282. The van der Waals surface area contributed by atoms with Crippen molar-refractivity contribution in [2.24, 2.45) is 0 Å². The Bertz CT molecular complexity index is 1860. The van der Waals surface area contributed by atoms with Crippen molar-refractivity contribution in [3.8, 4) is 22.3 Å². The van der Waals surface area contributed by atoms with Gasteiger partial charge in [0.25, 0.3) is 0 Å². The van der Waals surface area contributed by atoms with Gasteiger partial charge in [0.1, 0.15) is 5.58 Å². The first kappa shape index (κ1) is 20.5. The highest BCUT2D eigenvalue weighted by Gasteiger charge is 2.15. The van der Waals surface area contributed by atoms with Crippen LogP contribution in [0.1, 0.15) is 0 Å². The van der Waals surface area contributed by atoms with E-state index in [1.807, 2.05) is 12.1 Å². The molecular formula is C34H23NO. The lowest BCUT2D eigenvalue weighted by Gasteiger charge is -2.16. The van der Waals surface area contributed by atoms with E-state index in [4.69, 9.17) is 4.42 Å². The van der Waals surface area contributed by atoms with Gasteiger partial charge in [0, 0.05) is 22.0 Å². The second-order valence-corrected chi connectivity index (χ2v) is 9.03. The van der Waals surface area contributed by atoms with E-state index in [9.17, 15) is 0 Å². The van der Waals surface area contributed by atoms with Crippen molar-refractivity contribution in [1.82, 2.24) is 0 Å². The van der Waals surface area contributed by atoms with E-state index in [0.29, 0.717) is 0 Å². The van der Waals surface area contributed by atoms with Gasteiger partial charge in [0.15, 0.2) is 5.58 Å². The van der Waals surface area contributed by atoms with Gasteiger partial charge in [-0.3, -0.25) is 0 Å². The fourth-order valence-electron chi connectivity index (χ4n) is 5.24. The van der Waals surface area contributed by atoms with E-state index in [1.165, 1.54) is 27.5 Å². The summed E-state index contributed by atoms with van der Waals surface area (Å²) in [4.78, 5) is 0. The number of nitrogens with one attached hydrogen (secondary N) is 1. The standard InChI is InChI=1S/C34H23NO/c1-2-11-23(12-3-1)25-17-8-13-24-14-9-18-28(33(24)25)26-15-4-6-20-30(26)35-31-21-10-19-29-27-16-5-7-22-32(27)36-34(29)31/h1-22,35H. The molecule has 6 aromatic carbocycles. The molecule has 2 heteroatoms. The number of para-hydroxylation sites is 3. The van der Waals surface area contributed by atoms with Crippen molar-refractivity contribution in [2.75, 3.05) is 5.32 Å². The normalized spacial score (nSPS) is 11.3. The van der Waals surface area contributed by atoms with Crippen LogP contribution in [0.25, 0.3) is 55.0 Å². The summed E-state index contributed by atoms with van der Waals surface area (Å²) in [5, 5.41) is 8.43. The molecule has 1 aromatic heterocycles. The Labute approximate surface area is 209 Å². The first-order valence-electron chi connectivity index (χ1n) is 12.2. The summed E-state index contributed by atoms with van der Waals surface area (Å²) >= 11 is 0. The maximum absolute atomic E-state index is 6.29. The van der Waals surface area contributed by atoms with Crippen molar-refractivity contribution < 1.29 is 4.42 Å². The van der Waals surface area contributed by atoms with Crippen LogP contribution in [-0.2, 0) is 0 Å². The summed E-state index contributed by atoms with van der Waals surface area (Å²) in [6.07, 6.45) is 0. The van der Waals surface area contributed by atoms with E-state index in [-0.39, 0.29) is 0 Å². The van der Waals surface area contributed by atoms with Crippen molar-refractivity contribution in [1.29, 1.82) is 0 Å². The number of fused-ring (bicyclic) bond motifs is 4. The molecule has 0 aliphatic rings. The molecule has 0 aliphatic carbocycles. The summed E-state index contributed by atoms with van der Waals surface area (Å²) in [5.41, 5.74) is 8.57. The van der Waals surface area contributed by atoms with Crippen molar-refractivity contribution in [2.45, 2.75) is 0 Å². The summed E-state index contributed by atoms with van der Waals surface area (Å²) in [5.74, 6) is 0. The van der Waals surface area contributed by atoms with E-state index < -0.39 is 0 Å². The minimum absolute atomic E-state index is 0.872. The fraction of sp³-hybridized carbons (Fsp3) is 0. The molecular weight excluding hydrogens is 438 g/mol. The van der Waals surface area contributed by atoms with Crippen LogP contribution in [0.2, 0.25) is 0 Å². The maximum atomic E-state index is 6.29. The van der Waals surface area contributed by atoms with E-state index in [2.05, 4.69) is 127 Å². The molecule has 0 fully saturated rings. The number of furan rings is 1. The van der Waals surface area contributed by atoms with Gasteiger partial charge in [-0.1, -0.05) is 115 Å². The molecule has 0 bridgehead atoms. The van der Waals surface area contributed by atoms with Crippen LogP contribution < -0.4 is 5.32 Å². The van der Waals surface area contributed by atoms with Crippen molar-refractivity contribution in [3.05, 3.63) is 133 Å². The van der Waals surface area contributed by atoms with Crippen LogP contribution in [0.4, 0.5) is 11.4 Å². The summed E-state index contributed by atoms with van der Waals surface area (Å²) < 4.78 is 6.29. The number of anilines is 2. The average molecular weight is 462 g/mol. The first-order chi connectivity index (χ1) is 17.9. The Morgan fingerprint density at radius 1 is 0.444 bits per heavy atom. The molecule has 0 radical (unpaired) electrons. The maximum Gasteiger partial charge on any atom is 0.158 e. The molecule has 0 saturated heterocycles. The molecule has 1 heterocycles. The molecule has 36 heavy (non-hydrogen) atoms. The van der Waals surface area contributed by atoms with Crippen LogP contribution in [0.3, 0.4) is 0 Å². The molecule has 2 nitrogen and oxygen atoms in total. The lowest BCUT2D eigenvalue weighted by atomic mass is 9.91. The molecule has 0 saturated carbocycles. The largest absolute Gasteiger partial charge is 0.454 e. The van der Waals surface area contributed by atoms with Gasteiger partial charge in [-0.25, -0.2) is 0 Å². The van der Waals surface area contributed by atoms with E-state index >= 15 is 0 Å². The molecule has 0 aliphatic heterocycles. The first-order valence-corrected chi connectivity index (χ1v) is 12.2. The Balaban J connectivity index is 1.42. The van der Waals surface area contributed by atoms with Crippen molar-refractivity contribution >= 4 is 44.1 Å². The zero-order chi connectivity index (χ0) is 23.9. The smallest absolute Gasteiger partial charge is 0.158 e. The minimum Gasteiger partial charge on any atom is -0.454 e. The molecule has 7 rings (SSSR count). The van der Waals surface area contributed by atoms with E-state index in [0.717, 1.165) is 38.9 Å². The van der Waals surface area contributed by atoms with Gasteiger partial charge in [0.05, 0.1) is 5.69 Å². The fourth-order valence-corrected chi connectivity index (χ4v) is 5.24. The van der Waals surface area contributed by atoms with Gasteiger partial charge >= 0.3 is 0 Å². The minimum atomic E-state index is 0.872. The lowest BCUT2D eigenvalue weighted by Crippen LogP contribution is -1.95. The molecule has 0 atom stereocenters. The summed E-state index contributed by atoms with van der Waals surface area (Å²) in [6, 6.07) is 46.7. The number of rotatable bonds is 4. The van der Waals surface area contributed by atoms with Gasteiger partial charge in [-0.15, -0.1) is 0 Å². The molecule has 1 N–H and O–H groups in total. The highest BCUT2D eigenvalue weighted by atomic mass is 16.3. The predicted molar refractivity (Wildman–Crippen MR) is 152 cm³/mol. The molecule has 0 unspecified atom stereocenters. The number of hydrogen-bond donors (Lipinski definition) is 1. The monoisotopic (exact) mass is 461 g/mol. The van der Waals surface area contributed by atoms with Crippen molar-refractivity contribution in [3.63, 3.8) is 0 Å². The Morgan fingerprint density at radius 3 is 1.97 bits per heavy atom. The molecule has 170 valence electrons. The van der Waals surface area contributed by atoms with Crippen LogP contribution >= 0.6 is 0 Å². The molecule has 7 aromatic rings. The zero-order valence-corrected chi connectivity index (χ0v) is 19.6. The Morgan fingerprint density at radius 2 is 1.08 bits per heavy atom. The van der Waals surface area contributed by atoms with Crippen LogP contribution in [-0.4, -0.2) is 0 Å².